The Bertz CT molecular complexity index is 657. The summed E-state index contributed by atoms with van der Waals surface area (Å²) in [4.78, 5) is 0. The molecule has 1 heterocycles. The smallest absolute Gasteiger partial charge is 0.216 e. The first-order chi connectivity index (χ1) is 10.1. The van der Waals surface area contributed by atoms with Crippen LogP contribution in [0.4, 0.5) is 0 Å². The molecule has 7 heteroatoms. The summed E-state index contributed by atoms with van der Waals surface area (Å²) in [5.41, 5.74) is 2.46. The van der Waals surface area contributed by atoms with E-state index in [1.807, 2.05) is 31.3 Å². The lowest BCUT2D eigenvalue weighted by molar-refractivity contribution is 0.579. The van der Waals surface area contributed by atoms with Gasteiger partial charge in [-0.25, -0.2) is 13.1 Å². The van der Waals surface area contributed by atoms with Gasteiger partial charge in [-0.15, -0.1) is 0 Å². The van der Waals surface area contributed by atoms with Gasteiger partial charge in [0.05, 0.1) is 18.0 Å². The average molecular weight is 306 g/mol. The second-order valence-electron chi connectivity index (χ2n) is 4.64. The quantitative estimate of drug-likeness (QED) is 0.791. The van der Waals surface area contributed by atoms with E-state index in [0.717, 1.165) is 17.7 Å². The number of nitrogens with zero attached hydrogens (tertiary/aromatic N) is 2. The second kappa shape index (κ2) is 7.26. The molecule has 1 aromatic carbocycles. The maximum atomic E-state index is 12.0. The third-order valence-corrected chi connectivity index (χ3v) is 4.16. The summed E-state index contributed by atoms with van der Waals surface area (Å²) in [5.74, 6) is -0.0485. The van der Waals surface area contributed by atoms with Gasteiger partial charge in [0.1, 0.15) is 0 Å². The van der Waals surface area contributed by atoms with Crippen LogP contribution in [-0.4, -0.2) is 25.7 Å². The molecule has 2 rings (SSSR count). The fourth-order valence-electron chi connectivity index (χ4n) is 1.84. The lowest BCUT2D eigenvalue weighted by atomic mass is 10.1. The van der Waals surface area contributed by atoms with E-state index in [4.69, 9.17) is 0 Å². The summed E-state index contributed by atoms with van der Waals surface area (Å²) in [7, 11) is -1.52. The van der Waals surface area contributed by atoms with E-state index in [2.05, 4.69) is 20.2 Å². The lowest BCUT2D eigenvalue weighted by Gasteiger charge is -2.07. The number of benzene rings is 1. The van der Waals surface area contributed by atoms with Gasteiger partial charge in [-0.2, -0.15) is 10.2 Å². The number of hydrogen-bond acceptors (Lipinski definition) is 5. The second-order valence-corrected chi connectivity index (χ2v) is 6.45. The van der Waals surface area contributed by atoms with Crippen LogP contribution in [0.3, 0.4) is 0 Å². The zero-order valence-corrected chi connectivity index (χ0v) is 12.6. The molecular formula is C14H18N4O2S. The molecule has 0 saturated carbocycles. The molecule has 112 valence electrons. The van der Waals surface area contributed by atoms with Crippen molar-refractivity contribution in [2.75, 3.05) is 7.05 Å². The first kappa shape index (κ1) is 15.6. The molecular weight excluding hydrogens is 288 g/mol. The van der Waals surface area contributed by atoms with Crippen molar-refractivity contribution >= 4 is 10.0 Å². The zero-order chi connectivity index (χ0) is 15.1. The Morgan fingerprint density at radius 1 is 1.05 bits per heavy atom. The van der Waals surface area contributed by atoms with E-state index in [1.165, 1.54) is 0 Å². The number of rotatable bonds is 7. The van der Waals surface area contributed by atoms with E-state index in [9.17, 15) is 8.42 Å². The molecule has 0 bridgehead atoms. The van der Waals surface area contributed by atoms with Gasteiger partial charge in [0.25, 0.3) is 0 Å². The monoisotopic (exact) mass is 306 g/mol. The molecule has 0 aliphatic rings. The molecule has 21 heavy (non-hydrogen) atoms. The van der Waals surface area contributed by atoms with Crippen molar-refractivity contribution < 1.29 is 8.42 Å². The molecule has 0 fully saturated rings. The van der Waals surface area contributed by atoms with E-state index < -0.39 is 10.0 Å². The first-order valence-corrected chi connectivity index (χ1v) is 8.20. The summed E-state index contributed by atoms with van der Waals surface area (Å²) >= 11 is 0. The standard InChI is InChI=1S/C14H18N4O2S/c1-15-9-12-4-6-13(7-5-12)11-21(19,20)17-10-14-3-2-8-16-18-14/h2-8,15,17H,9-11H2,1H3. The number of nitrogens with one attached hydrogen (secondary N) is 2. The van der Waals surface area contributed by atoms with Crippen LogP contribution in [0.15, 0.2) is 42.6 Å². The highest BCUT2D eigenvalue weighted by molar-refractivity contribution is 7.88. The maximum absolute atomic E-state index is 12.0. The Labute approximate surface area is 124 Å². The van der Waals surface area contributed by atoms with Crippen LogP contribution < -0.4 is 10.0 Å². The molecule has 1 aromatic heterocycles. The molecule has 0 unspecified atom stereocenters. The van der Waals surface area contributed by atoms with E-state index >= 15 is 0 Å². The normalized spacial score (nSPS) is 11.5. The molecule has 0 saturated heterocycles. The molecule has 2 N–H and O–H groups in total. The van der Waals surface area contributed by atoms with Crippen molar-refractivity contribution in [2.24, 2.45) is 0 Å². The maximum Gasteiger partial charge on any atom is 0.216 e. The van der Waals surface area contributed by atoms with Crippen molar-refractivity contribution in [3.05, 3.63) is 59.4 Å². The van der Waals surface area contributed by atoms with Gasteiger partial charge < -0.3 is 5.32 Å². The molecule has 0 atom stereocenters. The van der Waals surface area contributed by atoms with Crippen molar-refractivity contribution in [1.82, 2.24) is 20.2 Å². The number of hydrogen-bond donors (Lipinski definition) is 2. The molecule has 0 amide bonds. The average Bonchev–Trinajstić information content (AvgIpc) is 2.48. The minimum absolute atomic E-state index is 0.0485. The van der Waals surface area contributed by atoms with Gasteiger partial charge in [0, 0.05) is 12.7 Å². The Balaban J connectivity index is 1.94. The van der Waals surface area contributed by atoms with Crippen molar-refractivity contribution in [3.63, 3.8) is 0 Å². The Kier molecular flexibility index (Phi) is 5.38. The van der Waals surface area contributed by atoms with Crippen LogP contribution in [0, 0.1) is 0 Å². The van der Waals surface area contributed by atoms with E-state index in [1.54, 1.807) is 18.3 Å². The zero-order valence-electron chi connectivity index (χ0n) is 11.8. The van der Waals surface area contributed by atoms with Crippen LogP contribution in [-0.2, 0) is 28.9 Å². The molecule has 2 aromatic rings. The topological polar surface area (TPSA) is 84.0 Å². The van der Waals surface area contributed by atoms with Crippen LogP contribution in [0.25, 0.3) is 0 Å². The summed E-state index contributed by atoms with van der Waals surface area (Å²) in [6.07, 6.45) is 1.55. The van der Waals surface area contributed by atoms with Crippen molar-refractivity contribution in [3.8, 4) is 0 Å². The highest BCUT2D eigenvalue weighted by atomic mass is 32.2. The molecule has 0 aliphatic carbocycles. The van der Waals surface area contributed by atoms with Crippen LogP contribution in [0.1, 0.15) is 16.8 Å². The lowest BCUT2D eigenvalue weighted by Crippen LogP contribution is -2.25. The Hall–Kier alpha value is -1.83. The predicted molar refractivity (Wildman–Crippen MR) is 80.7 cm³/mol. The van der Waals surface area contributed by atoms with Gasteiger partial charge in [0.2, 0.25) is 10.0 Å². The van der Waals surface area contributed by atoms with Gasteiger partial charge >= 0.3 is 0 Å². The van der Waals surface area contributed by atoms with Crippen LogP contribution in [0.5, 0.6) is 0 Å². The molecule has 0 aliphatic heterocycles. The number of sulfonamides is 1. The highest BCUT2D eigenvalue weighted by Gasteiger charge is 2.11. The SMILES string of the molecule is CNCc1ccc(CS(=O)(=O)NCc2cccnn2)cc1. The molecule has 6 nitrogen and oxygen atoms in total. The summed E-state index contributed by atoms with van der Waals surface area (Å²) in [6.45, 7) is 0.909. The van der Waals surface area contributed by atoms with Gasteiger partial charge in [-0.1, -0.05) is 24.3 Å². The number of aromatic nitrogens is 2. The third-order valence-electron chi connectivity index (χ3n) is 2.86. The Morgan fingerprint density at radius 2 is 1.76 bits per heavy atom. The van der Waals surface area contributed by atoms with Crippen molar-refractivity contribution in [2.45, 2.75) is 18.8 Å². The predicted octanol–water partition coefficient (Wildman–Crippen LogP) is 0.816. The highest BCUT2D eigenvalue weighted by Crippen LogP contribution is 2.08. The first-order valence-electron chi connectivity index (χ1n) is 6.55. The largest absolute Gasteiger partial charge is 0.316 e. The third kappa shape index (κ3) is 5.22. The van der Waals surface area contributed by atoms with E-state index in [0.29, 0.717) is 5.69 Å². The van der Waals surface area contributed by atoms with E-state index in [-0.39, 0.29) is 12.3 Å². The summed E-state index contributed by atoms with van der Waals surface area (Å²) < 4.78 is 26.5. The Morgan fingerprint density at radius 3 is 2.38 bits per heavy atom. The fourth-order valence-corrected chi connectivity index (χ4v) is 2.94. The van der Waals surface area contributed by atoms with Gasteiger partial charge in [-0.05, 0) is 30.3 Å². The van der Waals surface area contributed by atoms with Crippen LogP contribution >= 0.6 is 0 Å². The summed E-state index contributed by atoms with van der Waals surface area (Å²) in [5, 5.41) is 10.6. The van der Waals surface area contributed by atoms with Crippen LogP contribution in [0.2, 0.25) is 0 Å². The van der Waals surface area contributed by atoms with Gasteiger partial charge in [0.15, 0.2) is 0 Å². The minimum atomic E-state index is -3.39. The molecule has 0 spiro atoms. The summed E-state index contributed by atoms with van der Waals surface area (Å²) in [6, 6.07) is 10.9. The van der Waals surface area contributed by atoms with Gasteiger partial charge in [-0.3, -0.25) is 0 Å². The fraction of sp³-hybridized carbons (Fsp3) is 0.286. The molecule has 0 radical (unpaired) electrons. The minimum Gasteiger partial charge on any atom is -0.316 e. The van der Waals surface area contributed by atoms with Crippen molar-refractivity contribution in [1.29, 1.82) is 0 Å².